The van der Waals surface area contributed by atoms with Crippen molar-refractivity contribution in [2.24, 2.45) is 0 Å². The Morgan fingerprint density at radius 2 is 2.00 bits per heavy atom. The molecule has 2 heterocycles. The number of carboxylic acid groups (broad SMARTS) is 1. The number of nitrogens with zero attached hydrogens (tertiary/aromatic N) is 3. The lowest BCUT2D eigenvalue weighted by Crippen LogP contribution is -2.38. The van der Waals surface area contributed by atoms with Crippen LogP contribution in [0.4, 0.5) is 0 Å². The van der Waals surface area contributed by atoms with Gasteiger partial charge in [-0.25, -0.2) is 14.8 Å². The normalized spacial score (nSPS) is 14.0. The van der Waals surface area contributed by atoms with Gasteiger partial charge in [-0.15, -0.1) is 0 Å². The average Bonchev–Trinajstić information content (AvgIpc) is 2.62. The summed E-state index contributed by atoms with van der Waals surface area (Å²) in [5.74, 6) is -1.55. The Balaban J connectivity index is 1.50. The molecular formula is C17H17ClN4O3. The second kappa shape index (κ2) is 7.58. The maximum Gasteiger partial charge on any atom is 0.356 e. The molecule has 3 rings (SSSR count). The van der Waals surface area contributed by atoms with E-state index in [9.17, 15) is 9.59 Å². The van der Waals surface area contributed by atoms with Crippen LogP contribution in [-0.4, -0.2) is 51.5 Å². The van der Waals surface area contributed by atoms with Gasteiger partial charge in [0, 0.05) is 31.2 Å². The van der Waals surface area contributed by atoms with Gasteiger partial charge in [0.2, 0.25) is 0 Å². The third-order valence-corrected chi connectivity index (χ3v) is 4.46. The van der Waals surface area contributed by atoms with Crippen molar-refractivity contribution < 1.29 is 14.7 Å². The number of amides is 1. The summed E-state index contributed by atoms with van der Waals surface area (Å²) in [6.45, 7) is 2.87. The predicted octanol–water partition coefficient (Wildman–Crippen LogP) is 1.62. The van der Waals surface area contributed by atoms with Crippen LogP contribution in [0.25, 0.3) is 0 Å². The minimum absolute atomic E-state index is 0.0979. The molecule has 0 bridgehead atoms. The number of aromatic nitrogens is 2. The molecule has 7 nitrogen and oxygen atoms in total. The second-order valence-corrected chi connectivity index (χ2v) is 6.16. The predicted molar refractivity (Wildman–Crippen MR) is 91.8 cm³/mol. The Kier molecular flexibility index (Phi) is 5.25. The molecule has 0 aliphatic carbocycles. The summed E-state index contributed by atoms with van der Waals surface area (Å²) in [6.07, 6.45) is 3.13. The zero-order valence-corrected chi connectivity index (χ0v) is 14.2. The summed E-state index contributed by atoms with van der Waals surface area (Å²) in [5, 5.41) is 12.4. The van der Waals surface area contributed by atoms with Crippen molar-refractivity contribution in [2.45, 2.75) is 13.0 Å². The first-order valence-electron chi connectivity index (χ1n) is 7.87. The molecule has 25 heavy (non-hydrogen) atoms. The van der Waals surface area contributed by atoms with E-state index in [1.54, 1.807) is 0 Å². The lowest BCUT2D eigenvalue weighted by molar-refractivity contribution is 0.0689. The summed E-state index contributed by atoms with van der Waals surface area (Å²) < 4.78 is 0. The van der Waals surface area contributed by atoms with Gasteiger partial charge in [-0.05, 0) is 23.6 Å². The highest BCUT2D eigenvalue weighted by Crippen LogP contribution is 2.25. The maximum atomic E-state index is 12.0. The first kappa shape index (κ1) is 17.3. The highest BCUT2D eigenvalue weighted by Gasteiger charge is 2.18. The third kappa shape index (κ3) is 4.12. The number of carbonyl (C=O) groups excluding carboxylic acids is 1. The number of carboxylic acids is 1. The van der Waals surface area contributed by atoms with Crippen molar-refractivity contribution in [3.63, 3.8) is 0 Å². The number of halogens is 1. The van der Waals surface area contributed by atoms with Crippen LogP contribution in [0, 0.1) is 0 Å². The van der Waals surface area contributed by atoms with Crippen LogP contribution in [0.3, 0.4) is 0 Å². The molecular weight excluding hydrogens is 344 g/mol. The van der Waals surface area contributed by atoms with E-state index in [2.05, 4.69) is 26.3 Å². The summed E-state index contributed by atoms with van der Waals surface area (Å²) in [5.41, 5.74) is 2.33. The molecule has 0 unspecified atom stereocenters. The van der Waals surface area contributed by atoms with Crippen molar-refractivity contribution in [3.05, 3.63) is 58.1 Å². The fraction of sp³-hybridized carbons (Fsp3) is 0.294. The lowest BCUT2D eigenvalue weighted by Gasteiger charge is -2.29. The molecule has 0 fully saturated rings. The molecule has 0 spiro atoms. The van der Waals surface area contributed by atoms with Gasteiger partial charge in [0.1, 0.15) is 5.69 Å². The molecule has 8 heteroatoms. The fourth-order valence-corrected chi connectivity index (χ4v) is 3.07. The molecule has 0 atom stereocenters. The fourth-order valence-electron chi connectivity index (χ4n) is 2.79. The molecule has 1 aliphatic rings. The third-order valence-electron chi connectivity index (χ3n) is 4.11. The van der Waals surface area contributed by atoms with Gasteiger partial charge in [-0.1, -0.05) is 23.7 Å². The Morgan fingerprint density at radius 1 is 1.24 bits per heavy atom. The molecule has 0 saturated heterocycles. The van der Waals surface area contributed by atoms with E-state index >= 15 is 0 Å². The number of benzene rings is 1. The van der Waals surface area contributed by atoms with E-state index in [4.69, 9.17) is 16.7 Å². The van der Waals surface area contributed by atoms with Gasteiger partial charge < -0.3 is 10.4 Å². The highest BCUT2D eigenvalue weighted by atomic mass is 35.5. The van der Waals surface area contributed by atoms with Crippen LogP contribution < -0.4 is 5.32 Å². The summed E-state index contributed by atoms with van der Waals surface area (Å²) in [6, 6.07) is 5.93. The standard InChI is InChI=1S/C17H17ClN4O3/c18-13-3-1-2-11-10-22(6-4-12(11)13)7-5-19-16(23)14-8-21-15(9-20-14)17(24)25/h1-3,8-9H,4-7,10H2,(H,19,23)(H,24,25). The lowest BCUT2D eigenvalue weighted by atomic mass is 10.00. The SMILES string of the molecule is O=C(O)c1cnc(C(=O)NCCN2CCc3c(Cl)cccc3C2)cn1. The molecule has 1 aromatic heterocycles. The van der Waals surface area contributed by atoms with E-state index in [1.165, 1.54) is 11.1 Å². The monoisotopic (exact) mass is 360 g/mol. The first-order chi connectivity index (χ1) is 12.0. The van der Waals surface area contributed by atoms with Crippen molar-refractivity contribution in [2.75, 3.05) is 19.6 Å². The molecule has 1 aromatic carbocycles. The van der Waals surface area contributed by atoms with Gasteiger partial charge in [0.15, 0.2) is 5.69 Å². The molecule has 1 amide bonds. The number of aromatic carboxylic acids is 1. The van der Waals surface area contributed by atoms with Crippen LogP contribution in [0.5, 0.6) is 0 Å². The van der Waals surface area contributed by atoms with Gasteiger partial charge in [0.05, 0.1) is 12.4 Å². The Labute approximate surface area is 149 Å². The number of rotatable bonds is 5. The largest absolute Gasteiger partial charge is 0.476 e. The molecule has 130 valence electrons. The van der Waals surface area contributed by atoms with E-state index < -0.39 is 5.97 Å². The minimum atomic E-state index is -1.18. The van der Waals surface area contributed by atoms with E-state index in [0.717, 1.165) is 36.9 Å². The van der Waals surface area contributed by atoms with Crippen LogP contribution in [0.1, 0.15) is 32.1 Å². The highest BCUT2D eigenvalue weighted by molar-refractivity contribution is 6.31. The Hall–Kier alpha value is -2.51. The Morgan fingerprint density at radius 3 is 2.72 bits per heavy atom. The smallest absolute Gasteiger partial charge is 0.356 e. The van der Waals surface area contributed by atoms with E-state index in [-0.39, 0.29) is 17.3 Å². The van der Waals surface area contributed by atoms with Crippen molar-refractivity contribution in [3.8, 4) is 0 Å². The number of carbonyl (C=O) groups is 2. The number of hydrogen-bond acceptors (Lipinski definition) is 5. The zero-order valence-electron chi connectivity index (χ0n) is 13.4. The first-order valence-corrected chi connectivity index (χ1v) is 8.24. The molecule has 2 N–H and O–H groups in total. The molecule has 0 saturated carbocycles. The molecule has 0 radical (unpaired) electrons. The number of nitrogens with one attached hydrogen (secondary N) is 1. The Bertz CT molecular complexity index is 795. The second-order valence-electron chi connectivity index (χ2n) is 5.75. The minimum Gasteiger partial charge on any atom is -0.476 e. The van der Waals surface area contributed by atoms with Gasteiger partial charge in [-0.2, -0.15) is 0 Å². The zero-order chi connectivity index (χ0) is 17.8. The van der Waals surface area contributed by atoms with Crippen molar-refractivity contribution in [1.29, 1.82) is 0 Å². The van der Waals surface area contributed by atoms with Crippen LogP contribution in [0.2, 0.25) is 5.02 Å². The quantitative estimate of drug-likeness (QED) is 0.841. The van der Waals surface area contributed by atoms with Crippen LogP contribution in [-0.2, 0) is 13.0 Å². The number of hydrogen-bond donors (Lipinski definition) is 2. The van der Waals surface area contributed by atoms with E-state index in [0.29, 0.717) is 13.1 Å². The van der Waals surface area contributed by atoms with Gasteiger partial charge >= 0.3 is 5.97 Å². The van der Waals surface area contributed by atoms with Crippen LogP contribution >= 0.6 is 11.6 Å². The number of fused-ring (bicyclic) bond motifs is 1. The van der Waals surface area contributed by atoms with Crippen LogP contribution in [0.15, 0.2) is 30.6 Å². The van der Waals surface area contributed by atoms with Crippen molar-refractivity contribution in [1.82, 2.24) is 20.2 Å². The van der Waals surface area contributed by atoms with Gasteiger partial charge in [-0.3, -0.25) is 9.69 Å². The summed E-state index contributed by atoms with van der Waals surface area (Å²) in [7, 11) is 0. The topological polar surface area (TPSA) is 95.4 Å². The van der Waals surface area contributed by atoms with Gasteiger partial charge in [0.25, 0.3) is 5.91 Å². The van der Waals surface area contributed by atoms with E-state index in [1.807, 2.05) is 12.1 Å². The summed E-state index contributed by atoms with van der Waals surface area (Å²) in [4.78, 5) is 32.5. The average molecular weight is 361 g/mol. The molecule has 1 aliphatic heterocycles. The maximum absolute atomic E-state index is 12.0. The molecule has 2 aromatic rings. The van der Waals surface area contributed by atoms with Crippen molar-refractivity contribution >= 4 is 23.5 Å². The summed E-state index contributed by atoms with van der Waals surface area (Å²) >= 11 is 6.21.